The van der Waals surface area contributed by atoms with Crippen LogP contribution in [0.1, 0.15) is 30.7 Å². The van der Waals surface area contributed by atoms with Gasteiger partial charge in [0.15, 0.2) is 0 Å². The number of benzene rings is 1. The predicted octanol–water partition coefficient (Wildman–Crippen LogP) is 2.29. The van der Waals surface area contributed by atoms with Crippen molar-refractivity contribution >= 4 is 27.8 Å². The summed E-state index contributed by atoms with van der Waals surface area (Å²) in [4.78, 5) is 23.4. The lowest BCUT2D eigenvalue weighted by atomic mass is 10.00. The Balaban J connectivity index is 1.66. The molecule has 112 valence electrons. The number of ether oxygens (including phenoxy) is 1. The van der Waals surface area contributed by atoms with E-state index in [-0.39, 0.29) is 23.8 Å². The van der Waals surface area contributed by atoms with Gasteiger partial charge in [0, 0.05) is 16.1 Å². The average molecular weight is 354 g/mol. The third kappa shape index (κ3) is 2.90. The molecule has 1 amide bonds. The maximum absolute atomic E-state index is 12.4. The number of aliphatic carboxylic acids is 1. The van der Waals surface area contributed by atoms with Crippen molar-refractivity contribution in [1.82, 2.24) is 5.32 Å². The Hall–Kier alpha value is -1.56. The van der Waals surface area contributed by atoms with Gasteiger partial charge in [-0.1, -0.05) is 15.9 Å². The second-order valence-corrected chi connectivity index (χ2v) is 6.52. The Bertz CT molecular complexity index is 589. The van der Waals surface area contributed by atoms with Gasteiger partial charge in [-0.15, -0.1) is 0 Å². The quantitative estimate of drug-likeness (QED) is 0.874. The normalized spacial score (nSPS) is 27.0. The van der Waals surface area contributed by atoms with Gasteiger partial charge >= 0.3 is 5.97 Å². The molecule has 0 radical (unpaired) electrons. The molecule has 1 aromatic carbocycles. The molecule has 21 heavy (non-hydrogen) atoms. The molecule has 1 aromatic rings. The number of carbonyl (C=O) groups is 2. The van der Waals surface area contributed by atoms with Crippen molar-refractivity contribution in [2.45, 2.75) is 31.2 Å². The maximum atomic E-state index is 12.4. The zero-order chi connectivity index (χ0) is 15.0. The summed E-state index contributed by atoms with van der Waals surface area (Å²) in [5, 5.41) is 12.0. The van der Waals surface area contributed by atoms with Crippen molar-refractivity contribution in [3.8, 4) is 5.75 Å². The number of nitrogens with one attached hydrogen (secondary N) is 1. The fraction of sp³-hybridized carbons (Fsp3) is 0.467. The van der Waals surface area contributed by atoms with Gasteiger partial charge in [-0.05, 0) is 37.5 Å². The van der Waals surface area contributed by atoms with Crippen molar-refractivity contribution in [3.05, 3.63) is 28.2 Å². The van der Waals surface area contributed by atoms with Crippen LogP contribution >= 0.6 is 15.9 Å². The first-order valence-corrected chi connectivity index (χ1v) is 7.79. The van der Waals surface area contributed by atoms with Gasteiger partial charge < -0.3 is 15.2 Å². The minimum atomic E-state index is -0.773. The molecule has 1 fully saturated rings. The molecular formula is C15H16BrNO4. The highest BCUT2D eigenvalue weighted by Crippen LogP contribution is 2.36. The van der Waals surface area contributed by atoms with Crippen molar-refractivity contribution < 1.29 is 19.4 Å². The molecule has 1 unspecified atom stereocenters. The molecule has 6 heteroatoms. The lowest BCUT2D eigenvalue weighted by Gasteiger charge is -2.15. The number of amides is 1. The molecule has 1 aliphatic heterocycles. The molecule has 2 N–H and O–H groups in total. The van der Waals surface area contributed by atoms with Gasteiger partial charge in [0.2, 0.25) is 5.91 Å². The van der Waals surface area contributed by atoms with Crippen molar-refractivity contribution in [1.29, 1.82) is 0 Å². The molecule has 0 bridgehead atoms. The Morgan fingerprint density at radius 2 is 2.14 bits per heavy atom. The van der Waals surface area contributed by atoms with E-state index in [9.17, 15) is 9.59 Å². The molecule has 1 saturated carbocycles. The van der Waals surface area contributed by atoms with E-state index in [1.165, 1.54) is 0 Å². The van der Waals surface area contributed by atoms with Crippen LogP contribution in [0, 0.1) is 5.92 Å². The summed E-state index contributed by atoms with van der Waals surface area (Å²) in [6, 6.07) is 5.59. The number of halogens is 1. The van der Waals surface area contributed by atoms with E-state index in [0.717, 1.165) is 22.2 Å². The molecule has 0 spiro atoms. The number of hydrogen-bond donors (Lipinski definition) is 2. The van der Waals surface area contributed by atoms with Crippen molar-refractivity contribution in [2.24, 2.45) is 5.92 Å². The number of carboxylic acid groups (broad SMARTS) is 1. The third-order valence-electron chi connectivity index (χ3n) is 4.20. The van der Waals surface area contributed by atoms with Crippen LogP contribution in [-0.4, -0.2) is 29.6 Å². The van der Waals surface area contributed by atoms with Gasteiger partial charge in [0.25, 0.3) is 0 Å². The van der Waals surface area contributed by atoms with E-state index in [4.69, 9.17) is 9.84 Å². The smallest absolute Gasteiger partial charge is 0.306 e. The number of fused-ring (bicyclic) bond motifs is 1. The molecule has 0 aromatic heterocycles. The highest BCUT2D eigenvalue weighted by Gasteiger charge is 2.35. The second-order valence-electron chi connectivity index (χ2n) is 5.60. The zero-order valence-electron chi connectivity index (χ0n) is 11.3. The summed E-state index contributed by atoms with van der Waals surface area (Å²) < 4.78 is 6.45. The lowest BCUT2D eigenvalue weighted by Crippen LogP contribution is -2.37. The fourth-order valence-corrected chi connectivity index (χ4v) is 3.42. The van der Waals surface area contributed by atoms with Crippen LogP contribution in [0.5, 0.6) is 5.75 Å². The predicted molar refractivity (Wildman–Crippen MR) is 79.3 cm³/mol. The van der Waals surface area contributed by atoms with E-state index in [1.54, 1.807) is 0 Å². The summed E-state index contributed by atoms with van der Waals surface area (Å²) in [6.07, 6.45) is 1.87. The van der Waals surface area contributed by atoms with Gasteiger partial charge in [-0.25, -0.2) is 0 Å². The van der Waals surface area contributed by atoms with Crippen LogP contribution in [-0.2, 0) is 9.59 Å². The van der Waals surface area contributed by atoms with Crippen LogP contribution in [0.15, 0.2) is 22.7 Å². The molecule has 3 atom stereocenters. The van der Waals surface area contributed by atoms with Gasteiger partial charge in [0.05, 0.1) is 5.92 Å². The first-order valence-electron chi connectivity index (χ1n) is 7.00. The summed E-state index contributed by atoms with van der Waals surface area (Å²) in [5.74, 6) is -0.765. The minimum absolute atomic E-state index is 0.0465. The third-order valence-corrected chi connectivity index (χ3v) is 4.69. The summed E-state index contributed by atoms with van der Waals surface area (Å²) >= 11 is 3.40. The second kappa shape index (κ2) is 5.67. The molecule has 0 saturated heterocycles. The van der Waals surface area contributed by atoms with E-state index < -0.39 is 5.97 Å². The Morgan fingerprint density at radius 1 is 1.33 bits per heavy atom. The van der Waals surface area contributed by atoms with Gasteiger partial charge in [-0.3, -0.25) is 9.59 Å². The Morgan fingerprint density at radius 3 is 2.86 bits per heavy atom. The molecular weight excluding hydrogens is 338 g/mol. The largest absolute Gasteiger partial charge is 0.492 e. The number of rotatable bonds is 3. The van der Waals surface area contributed by atoms with Crippen LogP contribution in [0.3, 0.4) is 0 Å². The fourth-order valence-electron chi connectivity index (χ4n) is 3.04. The standard InChI is InChI=1S/C15H16BrNO4/c16-9-2-4-13-11(6-9)12(7-21-13)14(18)17-10-3-1-8(5-10)15(19)20/h2,4,6,8,10,12H,1,3,5,7H2,(H,17,18)(H,19,20)/t8-,10+,12?/m1/s1. The summed E-state index contributed by atoms with van der Waals surface area (Å²) in [7, 11) is 0. The number of carboxylic acids is 1. The SMILES string of the molecule is O=C(N[C@H]1CC[C@@H](C(=O)O)C1)C1COc2ccc(Br)cc21. The van der Waals surface area contributed by atoms with Crippen molar-refractivity contribution in [2.75, 3.05) is 6.61 Å². The molecule has 1 aliphatic carbocycles. The summed E-state index contributed by atoms with van der Waals surface area (Å²) in [6.45, 7) is 0.340. The summed E-state index contributed by atoms with van der Waals surface area (Å²) in [5.41, 5.74) is 0.884. The average Bonchev–Trinajstić information content (AvgIpc) is 3.04. The van der Waals surface area contributed by atoms with Crippen LogP contribution < -0.4 is 10.1 Å². The monoisotopic (exact) mass is 353 g/mol. The van der Waals surface area contributed by atoms with Gasteiger partial charge in [0.1, 0.15) is 18.3 Å². The minimum Gasteiger partial charge on any atom is -0.492 e. The Labute approximate surface area is 130 Å². The molecule has 2 aliphatic rings. The topological polar surface area (TPSA) is 75.6 Å². The molecule has 5 nitrogen and oxygen atoms in total. The lowest BCUT2D eigenvalue weighted by molar-refractivity contribution is -0.141. The number of hydrogen-bond acceptors (Lipinski definition) is 3. The first kappa shape index (κ1) is 14.4. The Kier molecular flexibility index (Phi) is 3.89. The van der Waals surface area contributed by atoms with Crippen LogP contribution in [0.4, 0.5) is 0 Å². The van der Waals surface area contributed by atoms with E-state index in [1.807, 2.05) is 18.2 Å². The van der Waals surface area contributed by atoms with Crippen LogP contribution in [0.2, 0.25) is 0 Å². The van der Waals surface area contributed by atoms with E-state index >= 15 is 0 Å². The highest BCUT2D eigenvalue weighted by molar-refractivity contribution is 9.10. The maximum Gasteiger partial charge on any atom is 0.306 e. The van der Waals surface area contributed by atoms with Crippen molar-refractivity contribution in [3.63, 3.8) is 0 Å². The first-order chi connectivity index (χ1) is 10.0. The zero-order valence-corrected chi connectivity index (χ0v) is 12.9. The van der Waals surface area contributed by atoms with E-state index in [2.05, 4.69) is 21.2 Å². The highest BCUT2D eigenvalue weighted by atomic mass is 79.9. The molecule has 3 rings (SSSR count). The van der Waals surface area contributed by atoms with Gasteiger partial charge in [-0.2, -0.15) is 0 Å². The van der Waals surface area contributed by atoms with E-state index in [0.29, 0.717) is 19.4 Å². The number of carbonyl (C=O) groups excluding carboxylic acids is 1. The van der Waals surface area contributed by atoms with Crippen LogP contribution in [0.25, 0.3) is 0 Å². The molecule has 1 heterocycles.